The first-order chi connectivity index (χ1) is 18.7. The van der Waals surface area contributed by atoms with Gasteiger partial charge in [0.1, 0.15) is 0 Å². The quantitative estimate of drug-likeness (QED) is 0.236. The summed E-state index contributed by atoms with van der Waals surface area (Å²) in [6, 6.07) is 24.4. The fourth-order valence-corrected chi connectivity index (χ4v) is 4.10. The third kappa shape index (κ3) is 7.50. The molecular weight excluding hydrogens is 507 g/mol. The fraction of sp³-hybridized carbons (Fsp3) is 0.200. The van der Waals surface area contributed by atoms with Crippen LogP contribution in [0.5, 0.6) is 0 Å². The molecule has 0 spiro atoms. The average molecular weight is 536 g/mol. The molecule has 3 aromatic carbocycles. The largest absolute Gasteiger partial charge is 0.462 e. The lowest BCUT2D eigenvalue weighted by atomic mass is 10.1. The normalized spacial score (nSPS) is 11.2. The van der Waals surface area contributed by atoms with E-state index >= 15 is 0 Å². The van der Waals surface area contributed by atoms with Crippen molar-refractivity contribution in [3.05, 3.63) is 125 Å². The van der Waals surface area contributed by atoms with Crippen LogP contribution in [0.4, 0.5) is 23.7 Å². The Morgan fingerprint density at radius 2 is 1.59 bits per heavy atom. The zero-order valence-electron chi connectivity index (χ0n) is 21.3. The highest BCUT2D eigenvalue weighted by Gasteiger charge is 2.30. The maximum absolute atomic E-state index is 13.4. The molecule has 0 fully saturated rings. The van der Waals surface area contributed by atoms with Gasteiger partial charge in [-0.15, -0.1) is 0 Å². The van der Waals surface area contributed by atoms with Gasteiger partial charge in [0.2, 0.25) is 0 Å². The summed E-state index contributed by atoms with van der Waals surface area (Å²) in [5, 5.41) is 2.87. The fourth-order valence-electron chi connectivity index (χ4n) is 4.10. The topological polar surface area (TPSA) is 63.6 Å². The van der Waals surface area contributed by atoms with E-state index in [4.69, 9.17) is 4.74 Å². The summed E-state index contributed by atoms with van der Waals surface area (Å²) in [5.74, 6) is -0.442. The van der Waals surface area contributed by atoms with E-state index in [0.29, 0.717) is 23.4 Å². The van der Waals surface area contributed by atoms with Gasteiger partial charge in [0.15, 0.2) is 0 Å². The van der Waals surface area contributed by atoms with Crippen LogP contribution in [0, 0.1) is 0 Å². The molecule has 4 aromatic rings. The second kappa shape index (κ2) is 12.3. The monoisotopic (exact) mass is 535 g/mol. The summed E-state index contributed by atoms with van der Waals surface area (Å²) in [6.45, 7) is 2.74. The number of alkyl halides is 3. The van der Waals surface area contributed by atoms with Crippen LogP contribution in [0.15, 0.2) is 97.2 Å². The van der Waals surface area contributed by atoms with Crippen molar-refractivity contribution in [3.8, 4) is 0 Å². The number of benzene rings is 3. The van der Waals surface area contributed by atoms with E-state index in [-0.39, 0.29) is 25.7 Å². The number of halogens is 3. The number of hydrogen-bond acceptors (Lipinski definition) is 3. The number of hydrogen-bond donors (Lipinski definition) is 1. The third-order valence-electron chi connectivity index (χ3n) is 6.03. The van der Waals surface area contributed by atoms with Gasteiger partial charge in [-0.05, 0) is 66.6 Å². The number of carbonyl (C=O) groups excluding carboxylic acids is 2. The number of nitrogens with zero attached hydrogens (tertiary/aromatic N) is 2. The number of rotatable bonds is 9. The Labute approximate surface area is 224 Å². The number of esters is 1. The van der Waals surface area contributed by atoms with Crippen molar-refractivity contribution in [2.45, 2.75) is 32.7 Å². The molecule has 1 aromatic heterocycles. The number of urea groups is 1. The zero-order valence-corrected chi connectivity index (χ0v) is 21.3. The highest BCUT2D eigenvalue weighted by atomic mass is 19.4. The van der Waals surface area contributed by atoms with Crippen molar-refractivity contribution in [2.75, 3.05) is 11.9 Å². The standard InChI is InChI=1S/C30H28F3N3O3/c1-2-39-28(37)24-13-15-26(16-14-24)34-29(38)36(19-22-8-4-3-5-9-22)21-27-12-7-17-35(27)20-23-10-6-11-25(18-23)30(31,32)33/h3-18H,2,19-21H2,1H3,(H,34,38). The van der Waals surface area contributed by atoms with Crippen molar-refractivity contribution in [1.82, 2.24) is 9.47 Å². The maximum Gasteiger partial charge on any atom is 0.416 e. The number of carbonyl (C=O) groups is 2. The lowest BCUT2D eigenvalue weighted by Crippen LogP contribution is -2.34. The first-order valence-electron chi connectivity index (χ1n) is 12.4. The summed E-state index contributed by atoms with van der Waals surface area (Å²) in [5.41, 5.74) is 2.36. The number of amides is 2. The summed E-state index contributed by atoms with van der Waals surface area (Å²) < 4.78 is 46.4. The molecule has 0 aliphatic rings. The zero-order chi connectivity index (χ0) is 27.8. The third-order valence-corrected chi connectivity index (χ3v) is 6.03. The average Bonchev–Trinajstić information content (AvgIpc) is 3.35. The van der Waals surface area contributed by atoms with Crippen LogP contribution in [0.25, 0.3) is 0 Å². The van der Waals surface area contributed by atoms with Gasteiger partial charge in [-0.3, -0.25) is 0 Å². The predicted octanol–water partition coefficient (Wildman–Crippen LogP) is 6.97. The Balaban J connectivity index is 1.52. The second-order valence-corrected chi connectivity index (χ2v) is 8.90. The van der Waals surface area contributed by atoms with Crippen LogP contribution >= 0.6 is 0 Å². The molecule has 0 saturated heterocycles. The smallest absolute Gasteiger partial charge is 0.416 e. The summed E-state index contributed by atoms with van der Waals surface area (Å²) in [7, 11) is 0. The summed E-state index contributed by atoms with van der Waals surface area (Å²) >= 11 is 0. The molecule has 39 heavy (non-hydrogen) atoms. The first kappa shape index (κ1) is 27.5. The summed E-state index contributed by atoms with van der Waals surface area (Å²) in [6.07, 6.45) is -2.64. The highest BCUT2D eigenvalue weighted by Crippen LogP contribution is 2.30. The molecule has 0 atom stereocenters. The van der Waals surface area contributed by atoms with Gasteiger partial charge in [0, 0.05) is 30.7 Å². The van der Waals surface area contributed by atoms with E-state index in [1.54, 1.807) is 54.4 Å². The van der Waals surface area contributed by atoms with E-state index < -0.39 is 17.7 Å². The SMILES string of the molecule is CCOC(=O)c1ccc(NC(=O)N(Cc2ccccc2)Cc2cccn2Cc2cccc(C(F)(F)F)c2)cc1. The Hall–Kier alpha value is -4.53. The molecule has 6 nitrogen and oxygen atoms in total. The Morgan fingerprint density at radius 3 is 2.28 bits per heavy atom. The van der Waals surface area contributed by atoms with Crippen LogP contribution in [-0.2, 0) is 30.5 Å². The van der Waals surface area contributed by atoms with Gasteiger partial charge in [0.25, 0.3) is 0 Å². The number of nitrogens with one attached hydrogen (secondary N) is 1. The van der Waals surface area contributed by atoms with Gasteiger partial charge in [-0.25, -0.2) is 9.59 Å². The van der Waals surface area contributed by atoms with Gasteiger partial charge < -0.3 is 19.5 Å². The molecule has 1 heterocycles. The van der Waals surface area contributed by atoms with Gasteiger partial charge in [-0.1, -0.05) is 42.5 Å². The van der Waals surface area contributed by atoms with E-state index in [1.807, 2.05) is 41.0 Å². The molecular formula is C30H28F3N3O3. The molecule has 0 aliphatic carbocycles. The minimum absolute atomic E-state index is 0.216. The molecule has 4 rings (SSSR count). The lowest BCUT2D eigenvalue weighted by Gasteiger charge is -2.24. The van der Waals surface area contributed by atoms with Crippen molar-refractivity contribution < 1.29 is 27.5 Å². The van der Waals surface area contributed by atoms with E-state index in [9.17, 15) is 22.8 Å². The highest BCUT2D eigenvalue weighted by molar-refractivity contribution is 5.92. The molecule has 0 saturated carbocycles. The van der Waals surface area contributed by atoms with Gasteiger partial charge >= 0.3 is 18.2 Å². The minimum Gasteiger partial charge on any atom is -0.462 e. The molecule has 9 heteroatoms. The molecule has 0 aliphatic heterocycles. The first-order valence-corrected chi connectivity index (χ1v) is 12.4. The van der Waals surface area contributed by atoms with E-state index in [0.717, 1.165) is 23.4 Å². The molecule has 1 N–H and O–H groups in total. The van der Waals surface area contributed by atoms with Crippen LogP contribution in [0.3, 0.4) is 0 Å². The summed E-state index contributed by atoms with van der Waals surface area (Å²) in [4.78, 5) is 26.9. The molecule has 0 radical (unpaired) electrons. The number of aromatic nitrogens is 1. The Bertz CT molecular complexity index is 1400. The second-order valence-electron chi connectivity index (χ2n) is 8.90. The van der Waals surface area contributed by atoms with Crippen molar-refractivity contribution in [3.63, 3.8) is 0 Å². The van der Waals surface area contributed by atoms with Crippen LogP contribution in [0.2, 0.25) is 0 Å². The molecule has 2 amide bonds. The number of anilines is 1. The van der Waals surface area contributed by atoms with Crippen LogP contribution < -0.4 is 5.32 Å². The maximum atomic E-state index is 13.4. The molecule has 0 unspecified atom stereocenters. The number of ether oxygens (including phenoxy) is 1. The Morgan fingerprint density at radius 1 is 0.872 bits per heavy atom. The van der Waals surface area contributed by atoms with Crippen molar-refractivity contribution in [2.24, 2.45) is 0 Å². The van der Waals surface area contributed by atoms with Crippen molar-refractivity contribution >= 4 is 17.7 Å². The van der Waals surface area contributed by atoms with Crippen molar-refractivity contribution in [1.29, 1.82) is 0 Å². The predicted molar refractivity (Wildman–Crippen MR) is 142 cm³/mol. The molecule has 202 valence electrons. The van der Waals surface area contributed by atoms with E-state index in [1.165, 1.54) is 6.07 Å². The van der Waals surface area contributed by atoms with Crippen LogP contribution in [0.1, 0.15) is 39.7 Å². The Kier molecular flexibility index (Phi) is 8.70. The van der Waals surface area contributed by atoms with Gasteiger partial charge in [-0.2, -0.15) is 13.2 Å². The van der Waals surface area contributed by atoms with Crippen LogP contribution in [-0.4, -0.2) is 28.1 Å². The van der Waals surface area contributed by atoms with E-state index in [2.05, 4.69) is 5.32 Å². The lowest BCUT2D eigenvalue weighted by molar-refractivity contribution is -0.137. The minimum atomic E-state index is -4.42. The van der Waals surface area contributed by atoms with Gasteiger partial charge in [0.05, 0.1) is 24.3 Å². The molecule has 0 bridgehead atoms.